The Morgan fingerprint density at radius 2 is 1.90 bits per heavy atom. The van der Waals surface area contributed by atoms with Gasteiger partial charge in [0.2, 0.25) is 0 Å². The first kappa shape index (κ1) is 17.0. The van der Waals surface area contributed by atoms with Crippen molar-refractivity contribution in [3.63, 3.8) is 0 Å². The Hall–Kier alpha value is -0.330. The quantitative estimate of drug-likeness (QED) is 0.617. The summed E-state index contributed by atoms with van der Waals surface area (Å²) in [7, 11) is 1.71. The highest BCUT2D eigenvalue weighted by atomic mass is 79.9. The minimum absolute atomic E-state index is 0.731. The Morgan fingerprint density at radius 1 is 1.10 bits per heavy atom. The lowest BCUT2D eigenvalue weighted by atomic mass is 10.2. The molecule has 0 aliphatic carbocycles. The summed E-state index contributed by atoms with van der Waals surface area (Å²) >= 11 is 8.91. The number of halogens is 2. The standard InChI is InChI=1S/C16H17Br2NOS/c1-20-8-7-19-11-12-5-6-15(10-16(12)18)21-14-4-2-3-13(17)9-14/h2-6,9-10,19H,7-8,11H2,1H3. The van der Waals surface area contributed by atoms with Crippen LogP contribution >= 0.6 is 43.6 Å². The largest absolute Gasteiger partial charge is 0.383 e. The van der Waals surface area contributed by atoms with E-state index in [1.54, 1.807) is 18.9 Å². The summed E-state index contributed by atoms with van der Waals surface area (Å²) in [4.78, 5) is 2.45. The number of rotatable bonds is 7. The second-order valence-corrected chi connectivity index (χ2v) is 7.40. The minimum atomic E-state index is 0.731. The van der Waals surface area contributed by atoms with Gasteiger partial charge in [0.15, 0.2) is 0 Å². The average Bonchev–Trinajstić information content (AvgIpc) is 2.45. The average molecular weight is 431 g/mol. The van der Waals surface area contributed by atoms with Crippen molar-refractivity contribution >= 4 is 43.6 Å². The molecule has 0 atom stereocenters. The van der Waals surface area contributed by atoms with Crippen LogP contribution in [0.1, 0.15) is 5.56 Å². The van der Waals surface area contributed by atoms with E-state index in [9.17, 15) is 0 Å². The van der Waals surface area contributed by atoms with Crippen LogP contribution in [0.15, 0.2) is 61.2 Å². The molecule has 1 N–H and O–H groups in total. The number of methoxy groups -OCH3 is 1. The molecule has 0 radical (unpaired) electrons. The van der Waals surface area contributed by atoms with Crippen molar-refractivity contribution in [2.75, 3.05) is 20.3 Å². The molecule has 0 heterocycles. The van der Waals surface area contributed by atoms with E-state index in [1.807, 2.05) is 6.07 Å². The van der Waals surface area contributed by atoms with E-state index in [0.717, 1.165) is 28.6 Å². The van der Waals surface area contributed by atoms with Gasteiger partial charge < -0.3 is 10.1 Å². The zero-order valence-corrected chi connectivity index (χ0v) is 15.7. The van der Waals surface area contributed by atoms with E-state index >= 15 is 0 Å². The van der Waals surface area contributed by atoms with Crippen LogP contribution in [0, 0.1) is 0 Å². The third kappa shape index (κ3) is 5.75. The molecule has 0 spiro atoms. The molecule has 0 aliphatic heterocycles. The van der Waals surface area contributed by atoms with Gasteiger partial charge in [-0.2, -0.15) is 0 Å². The van der Waals surface area contributed by atoms with E-state index in [-0.39, 0.29) is 0 Å². The predicted molar refractivity (Wildman–Crippen MR) is 96.0 cm³/mol. The van der Waals surface area contributed by atoms with Gasteiger partial charge >= 0.3 is 0 Å². The fourth-order valence-corrected chi connectivity index (χ4v) is 3.94. The van der Waals surface area contributed by atoms with Gasteiger partial charge in [-0.1, -0.05) is 55.8 Å². The normalized spacial score (nSPS) is 10.8. The van der Waals surface area contributed by atoms with Gasteiger partial charge in [-0.15, -0.1) is 0 Å². The molecule has 0 saturated carbocycles. The van der Waals surface area contributed by atoms with Crippen LogP contribution in [0.25, 0.3) is 0 Å². The number of hydrogen-bond acceptors (Lipinski definition) is 3. The van der Waals surface area contributed by atoms with E-state index in [4.69, 9.17) is 4.74 Å². The van der Waals surface area contributed by atoms with Crippen molar-refractivity contribution in [1.82, 2.24) is 5.32 Å². The molecular formula is C16H17Br2NOS. The number of benzene rings is 2. The van der Waals surface area contributed by atoms with Crippen LogP contribution in [0.4, 0.5) is 0 Å². The molecule has 112 valence electrons. The summed E-state index contributed by atoms with van der Waals surface area (Å²) in [6, 6.07) is 14.8. The second kappa shape index (κ2) is 8.96. The van der Waals surface area contributed by atoms with E-state index in [2.05, 4.69) is 73.6 Å². The molecule has 0 aliphatic rings. The van der Waals surface area contributed by atoms with Crippen molar-refractivity contribution < 1.29 is 4.74 Å². The summed E-state index contributed by atoms with van der Waals surface area (Å²) < 4.78 is 7.26. The second-order valence-electron chi connectivity index (χ2n) is 4.48. The first-order chi connectivity index (χ1) is 10.2. The van der Waals surface area contributed by atoms with Crippen molar-refractivity contribution in [3.8, 4) is 0 Å². The van der Waals surface area contributed by atoms with E-state index in [0.29, 0.717) is 0 Å². The summed E-state index contributed by atoms with van der Waals surface area (Å²) in [5.74, 6) is 0. The molecule has 0 unspecified atom stereocenters. The topological polar surface area (TPSA) is 21.3 Å². The maximum atomic E-state index is 5.02. The number of ether oxygens (including phenoxy) is 1. The van der Waals surface area contributed by atoms with Crippen LogP contribution in [0.3, 0.4) is 0 Å². The van der Waals surface area contributed by atoms with Gasteiger partial charge in [-0.25, -0.2) is 0 Å². The molecule has 2 aromatic carbocycles. The molecule has 21 heavy (non-hydrogen) atoms. The molecule has 0 fully saturated rings. The van der Waals surface area contributed by atoms with Gasteiger partial charge in [0, 0.05) is 38.9 Å². The van der Waals surface area contributed by atoms with E-state index < -0.39 is 0 Å². The van der Waals surface area contributed by atoms with Crippen molar-refractivity contribution in [2.45, 2.75) is 16.3 Å². The fourth-order valence-electron chi connectivity index (χ4n) is 1.80. The lowest BCUT2D eigenvalue weighted by Gasteiger charge is -2.09. The molecule has 2 nitrogen and oxygen atoms in total. The number of hydrogen-bond donors (Lipinski definition) is 1. The van der Waals surface area contributed by atoms with E-state index in [1.165, 1.54) is 15.4 Å². The first-order valence-electron chi connectivity index (χ1n) is 6.60. The number of nitrogens with one attached hydrogen (secondary N) is 1. The zero-order chi connectivity index (χ0) is 15.1. The highest BCUT2D eigenvalue weighted by Gasteiger charge is 2.03. The summed E-state index contributed by atoms with van der Waals surface area (Å²) in [5, 5.41) is 3.35. The molecule has 5 heteroatoms. The molecule has 2 aromatic rings. The summed E-state index contributed by atoms with van der Waals surface area (Å²) in [6.07, 6.45) is 0. The van der Waals surface area contributed by atoms with Crippen molar-refractivity contribution in [2.24, 2.45) is 0 Å². The van der Waals surface area contributed by atoms with Crippen molar-refractivity contribution in [1.29, 1.82) is 0 Å². The van der Waals surface area contributed by atoms with Gasteiger partial charge in [-0.3, -0.25) is 0 Å². The highest BCUT2D eigenvalue weighted by Crippen LogP contribution is 2.32. The molecule has 0 bridgehead atoms. The van der Waals surface area contributed by atoms with Crippen molar-refractivity contribution in [3.05, 3.63) is 57.0 Å². The molecule has 0 amide bonds. The summed E-state index contributed by atoms with van der Waals surface area (Å²) in [5.41, 5.74) is 1.25. The molecular weight excluding hydrogens is 414 g/mol. The van der Waals surface area contributed by atoms with Gasteiger partial charge in [0.1, 0.15) is 0 Å². The lowest BCUT2D eigenvalue weighted by Crippen LogP contribution is -2.18. The zero-order valence-electron chi connectivity index (χ0n) is 11.7. The Balaban J connectivity index is 1.98. The third-order valence-corrected chi connectivity index (χ3v) is 5.07. The van der Waals surface area contributed by atoms with Crippen LogP contribution in [0.2, 0.25) is 0 Å². The Kier molecular flexibility index (Phi) is 7.26. The smallest absolute Gasteiger partial charge is 0.0587 e. The molecule has 0 aromatic heterocycles. The minimum Gasteiger partial charge on any atom is -0.383 e. The Morgan fingerprint density at radius 3 is 2.62 bits per heavy atom. The van der Waals surface area contributed by atoms with Crippen LogP contribution < -0.4 is 5.32 Å². The maximum absolute atomic E-state index is 5.02. The molecule has 2 rings (SSSR count). The van der Waals surface area contributed by atoms with Crippen LogP contribution in [-0.2, 0) is 11.3 Å². The first-order valence-corrected chi connectivity index (χ1v) is 9.01. The van der Waals surface area contributed by atoms with Gasteiger partial charge in [0.25, 0.3) is 0 Å². The lowest BCUT2D eigenvalue weighted by molar-refractivity contribution is 0.199. The van der Waals surface area contributed by atoms with Crippen LogP contribution in [-0.4, -0.2) is 20.3 Å². The van der Waals surface area contributed by atoms with Crippen LogP contribution in [0.5, 0.6) is 0 Å². The van der Waals surface area contributed by atoms with Gasteiger partial charge in [-0.05, 0) is 35.9 Å². The highest BCUT2D eigenvalue weighted by molar-refractivity contribution is 9.10. The fraction of sp³-hybridized carbons (Fsp3) is 0.250. The molecule has 0 saturated heterocycles. The Labute approximate surface area is 146 Å². The predicted octanol–water partition coefficient (Wildman–Crippen LogP) is 5.10. The van der Waals surface area contributed by atoms with Gasteiger partial charge in [0.05, 0.1) is 6.61 Å². The Bertz CT molecular complexity index is 592. The SMILES string of the molecule is COCCNCc1ccc(Sc2cccc(Br)c2)cc1Br. The summed E-state index contributed by atoms with van der Waals surface area (Å²) in [6.45, 7) is 2.43. The monoisotopic (exact) mass is 429 g/mol. The third-order valence-electron chi connectivity index (χ3n) is 2.85. The maximum Gasteiger partial charge on any atom is 0.0587 e.